The van der Waals surface area contributed by atoms with Crippen molar-refractivity contribution in [2.75, 3.05) is 45.8 Å². The lowest BCUT2D eigenvalue weighted by Gasteiger charge is -2.46. The van der Waals surface area contributed by atoms with E-state index in [9.17, 15) is 9.59 Å². The van der Waals surface area contributed by atoms with Crippen LogP contribution in [-0.2, 0) is 9.59 Å². The Morgan fingerprint density at radius 1 is 0.781 bits per heavy atom. The van der Waals surface area contributed by atoms with Gasteiger partial charge in [-0.2, -0.15) is 0 Å². The van der Waals surface area contributed by atoms with Crippen LogP contribution in [0.25, 0.3) is 0 Å². The molecule has 4 aliphatic rings. The van der Waals surface area contributed by atoms with E-state index in [0.717, 1.165) is 58.0 Å². The second-order valence-electron chi connectivity index (χ2n) is 11.7. The van der Waals surface area contributed by atoms with Crippen molar-refractivity contribution in [3.8, 4) is 0 Å². The van der Waals surface area contributed by atoms with Crippen molar-refractivity contribution < 1.29 is 9.59 Å². The molecule has 4 fully saturated rings. The van der Waals surface area contributed by atoms with Gasteiger partial charge in [0.2, 0.25) is 11.8 Å². The van der Waals surface area contributed by atoms with Gasteiger partial charge >= 0.3 is 0 Å². The van der Waals surface area contributed by atoms with Crippen LogP contribution < -0.4 is 0 Å². The quantitative estimate of drug-likeness (QED) is 0.623. The van der Waals surface area contributed by atoms with Crippen molar-refractivity contribution in [3.05, 3.63) is 0 Å². The Kier molecular flexibility index (Phi) is 8.18. The third kappa shape index (κ3) is 5.87. The number of piperidine rings is 1. The SMILES string of the molecule is CC(C)C(=O)N1CCC2(CCC(CCN3CCN(C(=O)C4CCCCC4)CC3)CC2)CC1. The summed E-state index contributed by atoms with van der Waals surface area (Å²) in [7, 11) is 0. The second kappa shape index (κ2) is 10.9. The van der Waals surface area contributed by atoms with E-state index in [2.05, 4.69) is 14.7 Å². The van der Waals surface area contributed by atoms with Gasteiger partial charge in [0, 0.05) is 51.1 Å². The molecule has 2 amide bonds. The number of piperazine rings is 1. The topological polar surface area (TPSA) is 43.9 Å². The first-order chi connectivity index (χ1) is 15.5. The Bertz CT molecular complexity index is 617. The molecule has 0 bridgehead atoms. The summed E-state index contributed by atoms with van der Waals surface area (Å²) < 4.78 is 0. The summed E-state index contributed by atoms with van der Waals surface area (Å²) in [5.74, 6) is 2.11. The number of nitrogens with zero attached hydrogens (tertiary/aromatic N) is 3. The largest absolute Gasteiger partial charge is 0.342 e. The van der Waals surface area contributed by atoms with Crippen molar-refractivity contribution in [2.45, 2.75) is 90.9 Å². The number of rotatable bonds is 5. The number of hydrogen-bond acceptors (Lipinski definition) is 3. The van der Waals surface area contributed by atoms with Crippen LogP contribution in [0.1, 0.15) is 90.9 Å². The zero-order valence-electron chi connectivity index (χ0n) is 20.8. The first-order valence-electron chi connectivity index (χ1n) is 13.8. The third-order valence-corrected chi connectivity index (χ3v) is 9.29. The zero-order chi connectivity index (χ0) is 22.6. The summed E-state index contributed by atoms with van der Waals surface area (Å²) in [5.41, 5.74) is 0.523. The smallest absolute Gasteiger partial charge is 0.225 e. The number of carbonyl (C=O) groups excluding carboxylic acids is 2. The fourth-order valence-corrected chi connectivity index (χ4v) is 6.81. The van der Waals surface area contributed by atoms with E-state index >= 15 is 0 Å². The van der Waals surface area contributed by atoms with E-state index in [0.29, 0.717) is 23.1 Å². The van der Waals surface area contributed by atoms with Gasteiger partial charge in [-0.3, -0.25) is 14.5 Å². The van der Waals surface area contributed by atoms with Gasteiger partial charge in [-0.25, -0.2) is 0 Å². The van der Waals surface area contributed by atoms with Gasteiger partial charge in [0.05, 0.1) is 0 Å². The Morgan fingerprint density at radius 2 is 1.41 bits per heavy atom. The molecule has 5 nitrogen and oxygen atoms in total. The van der Waals surface area contributed by atoms with Gasteiger partial charge in [-0.1, -0.05) is 33.1 Å². The summed E-state index contributed by atoms with van der Waals surface area (Å²) in [6.45, 7) is 11.2. The van der Waals surface area contributed by atoms with Crippen LogP contribution in [0.2, 0.25) is 0 Å². The van der Waals surface area contributed by atoms with Gasteiger partial charge in [0.1, 0.15) is 0 Å². The van der Waals surface area contributed by atoms with E-state index in [-0.39, 0.29) is 5.92 Å². The molecule has 2 heterocycles. The summed E-state index contributed by atoms with van der Waals surface area (Å²) >= 11 is 0. The number of amides is 2. The fourth-order valence-electron chi connectivity index (χ4n) is 6.81. The van der Waals surface area contributed by atoms with Gasteiger partial charge < -0.3 is 9.80 Å². The second-order valence-corrected chi connectivity index (χ2v) is 11.7. The highest BCUT2D eigenvalue weighted by atomic mass is 16.2. The Labute approximate surface area is 196 Å². The molecule has 2 saturated heterocycles. The highest BCUT2D eigenvalue weighted by Gasteiger charge is 2.39. The van der Waals surface area contributed by atoms with Crippen LogP contribution in [0.5, 0.6) is 0 Å². The van der Waals surface area contributed by atoms with E-state index in [1.165, 1.54) is 70.8 Å². The highest BCUT2D eigenvalue weighted by molar-refractivity contribution is 5.79. The minimum Gasteiger partial charge on any atom is -0.342 e. The van der Waals surface area contributed by atoms with Crippen molar-refractivity contribution >= 4 is 11.8 Å². The molecule has 0 aromatic rings. The molecule has 0 radical (unpaired) electrons. The maximum Gasteiger partial charge on any atom is 0.225 e. The lowest BCUT2D eigenvalue weighted by atomic mass is 9.65. The van der Waals surface area contributed by atoms with Crippen LogP contribution in [0.3, 0.4) is 0 Å². The summed E-state index contributed by atoms with van der Waals surface area (Å²) in [4.78, 5) is 32.0. The molecule has 0 atom stereocenters. The average molecular weight is 446 g/mol. The van der Waals surface area contributed by atoms with Gasteiger partial charge in [0.15, 0.2) is 0 Å². The molecule has 0 N–H and O–H groups in total. The average Bonchev–Trinajstić information content (AvgIpc) is 2.84. The van der Waals surface area contributed by atoms with E-state index in [4.69, 9.17) is 0 Å². The Balaban J connectivity index is 1.12. The Morgan fingerprint density at radius 3 is 2.00 bits per heavy atom. The first-order valence-corrected chi connectivity index (χ1v) is 13.8. The fraction of sp³-hybridized carbons (Fsp3) is 0.926. The van der Waals surface area contributed by atoms with Crippen LogP contribution in [0.15, 0.2) is 0 Å². The first kappa shape index (κ1) is 24.0. The molecule has 32 heavy (non-hydrogen) atoms. The molecule has 4 rings (SSSR count). The zero-order valence-corrected chi connectivity index (χ0v) is 20.8. The standard InChI is InChI=1S/C27H47N3O2/c1-22(2)25(31)29-16-13-27(14-17-29)11-8-23(9-12-27)10-15-28-18-20-30(21-19-28)26(32)24-6-4-3-5-7-24/h22-24H,3-21H2,1-2H3. The molecular weight excluding hydrogens is 398 g/mol. The minimum atomic E-state index is 0.132. The van der Waals surface area contributed by atoms with Crippen molar-refractivity contribution in [1.29, 1.82) is 0 Å². The third-order valence-electron chi connectivity index (χ3n) is 9.29. The molecule has 1 spiro atoms. The lowest BCUT2D eigenvalue weighted by molar-refractivity contribution is -0.138. The molecular formula is C27H47N3O2. The molecule has 2 saturated carbocycles. The maximum atomic E-state index is 12.8. The monoisotopic (exact) mass is 445 g/mol. The van der Waals surface area contributed by atoms with Crippen LogP contribution >= 0.6 is 0 Å². The molecule has 0 aromatic heterocycles. The molecule has 5 heteroatoms. The van der Waals surface area contributed by atoms with Crippen molar-refractivity contribution in [2.24, 2.45) is 23.2 Å². The van der Waals surface area contributed by atoms with Crippen LogP contribution in [0.4, 0.5) is 0 Å². The summed E-state index contributed by atoms with van der Waals surface area (Å²) in [6, 6.07) is 0. The van der Waals surface area contributed by atoms with Crippen molar-refractivity contribution in [1.82, 2.24) is 14.7 Å². The molecule has 0 aromatic carbocycles. The van der Waals surface area contributed by atoms with Gasteiger partial charge in [-0.05, 0) is 75.7 Å². The molecule has 182 valence electrons. The highest BCUT2D eigenvalue weighted by Crippen LogP contribution is 2.47. The predicted molar refractivity (Wildman–Crippen MR) is 129 cm³/mol. The van der Waals surface area contributed by atoms with Crippen LogP contribution in [0, 0.1) is 23.2 Å². The minimum absolute atomic E-state index is 0.132. The normalized spacial score (nSPS) is 26.1. The molecule has 2 aliphatic heterocycles. The number of likely N-dealkylation sites (tertiary alicyclic amines) is 1. The lowest BCUT2D eigenvalue weighted by Crippen LogP contribution is -2.50. The van der Waals surface area contributed by atoms with Crippen LogP contribution in [-0.4, -0.2) is 72.3 Å². The predicted octanol–water partition coefficient (Wildman–Crippen LogP) is 4.56. The van der Waals surface area contributed by atoms with E-state index in [1.807, 2.05) is 13.8 Å². The molecule has 2 aliphatic carbocycles. The van der Waals surface area contributed by atoms with Gasteiger partial charge in [0.25, 0.3) is 0 Å². The van der Waals surface area contributed by atoms with Gasteiger partial charge in [-0.15, -0.1) is 0 Å². The Hall–Kier alpha value is -1.10. The number of hydrogen-bond donors (Lipinski definition) is 0. The maximum absolute atomic E-state index is 12.8. The van der Waals surface area contributed by atoms with Crippen molar-refractivity contribution in [3.63, 3.8) is 0 Å². The van der Waals surface area contributed by atoms with E-state index in [1.54, 1.807) is 0 Å². The number of carbonyl (C=O) groups is 2. The van der Waals surface area contributed by atoms with E-state index < -0.39 is 0 Å². The molecule has 0 unspecified atom stereocenters. The summed E-state index contributed by atoms with van der Waals surface area (Å²) in [5, 5.41) is 0. The summed E-state index contributed by atoms with van der Waals surface area (Å²) in [6.07, 6.45) is 15.3.